The minimum Gasteiger partial charge on any atom is -0.313 e. The van der Waals surface area contributed by atoms with Crippen molar-refractivity contribution in [3.8, 4) is 0 Å². The first-order valence-corrected chi connectivity index (χ1v) is 7.20. The van der Waals surface area contributed by atoms with Crippen molar-refractivity contribution >= 4 is 33.5 Å². The fourth-order valence-corrected chi connectivity index (χ4v) is 1.91. The molecule has 1 aromatic heterocycles. The SMILES string of the molecule is CNC(C)c1cccc(NC(=O)Nc2cnc(Br)cn2)c1. The van der Waals surface area contributed by atoms with E-state index in [-0.39, 0.29) is 12.1 Å². The van der Waals surface area contributed by atoms with Gasteiger partial charge in [-0.05, 0) is 47.6 Å². The van der Waals surface area contributed by atoms with Crippen LogP contribution in [0.4, 0.5) is 16.3 Å². The minimum absolute atomic E-state index is 0.215. The van der Waals surface area contributed by atoms with E-state index >= 15 is 0 Å². The Morgan fingerprint density at radius 2 is 2.05 bits per heavy atom. The van der Waals surface area contributed by atoms with Gasteiger partial charge in [-0.3, -0.25) is 5.32 Å². The first kappa shape index (κ1) is 15.4. The van der Waals surface area contributed by atoms with Gasteiger partial charge in [0, 0.05) is 11.7 Å². The topological polar surface area (TPSA) is 78.9 Å². The predicted molar refractivity (Wildman–Crippen MR) is 86.3 cm³/mol. The Morgan fingerprint density at radius 3 is 2.71 bits per heavy atom. The lowest BCUT2D eigenvalue weighted by atomic mass is 10.1. The molecule has 2 rings (SSSR count). The average molecular weight is 350 g/mol. The smallest absolute Gasteiger partial charge is 0.313 e. The zero-order chi connectivity index (χ0) is 15.2. The number of hydrogen-bond donors (Lipinski definition) is 3. The fraction of sp³-hybridized carbons (Fsp3) is 0.214. The molecule has 1 unspecified atom stereocenters. The number of aromatic nitrogens is 2. The summed E-state index contributed by atoms with van der Waals surface area (Å²) in [6, 6.07) is 7.52. The molecule has 0 bridgehead atoms. The Labute approximate surface area is 131 Å². The second-order valence-electron chi connectivity index (χ2n) is 4.44. The molecule has 0 aliphatic heterocycles. The van der Waals surface area contributed by atoms with Crippen LogP contribution in [-0.4, -0.2) is 23.0 Å². The first-order chi connectivity index (χ1) is 10.1. The third kappa shape index (κ3) is 4.51. The summed E-state index contributed by atoms with van der Waals surface area (Å²) in [7, 11) is 1.89. The lowest BCUT2D eigenvalue weighted by Gasteiger charge is -2.12. The highest BCUT2D eigenvalue weighted by molar-refractivity contribution is 9.10. The van der Waals surface area contributed by atoms with E-state index in [2.05, 4.69) is 48.8 Å². The number of halogens is 1. The number of benzene rings is 1. The van der Waals surface area contributed by atoms with E-state index in [9.17, 15) is 4.79 Å². The maximum atomic E-state index is 11.9. The molecule has 0 spiro atoms. The number of nitrogens with one attached hydrogen (secondary N) is 3. The summed E-state index contributed by atoms with van der Waals surface area (Å²) < 4.78 is 0.613. The van der Waals surface area contributed by atoms with Crippen LogP contribution < -0.4 is 16.0 Å². The monoisotopic (exact) mass is 349 g/mol. The molecule has 0 aliphatic rings. The molecule has 1 atom stereocenters. The largest absolute Gasteiger partial charge is 0.324 e. The van der Waals surface area contributed by atoms with Gasteiger partial charge >= 0.3 is 6.03 Å². The van der Waals surface area contributed by atoms with Crippen LogP contribution in [-0.2, 0) is 0 Å². The number of carbonyl (C=O) groups excluding carboxylic acids is 1. The van der Waals surface area contributed by atoms with Crippen LogP contribution in [0.5, 0.6) is 0 Å². The summed E-state index contributed by atoms with van der Waals surface area (Å²) >= 11 is 3.19. The zero-order valence-corrected chi connectivity index (χ0v) is 13.3. The maximum absolute atomic E-state index is 11.9. The Morgan fingerprint density at radius 1 is 1.24 bits per heavy atom. The molecule has 7 heteroatoms. The standard InChI is InChI=1S/C14H16BrN5O/c1-9(16-2)10-4-3-5-11(6-10)19-14(21)20-13-8-17-12(15)7-18-13/h3-9,16H,1-2H3,(H2,18,19,20,21). The second kappa shape index (κ2) is 7.14. The summed E-state index contributed by atoms with van der Waals surface area (Å²) in [5, 5.41) is 8.54. The number of anilines is 2. The first-order valence-electron chi connectivity index (χ1n) is 6.41. The maximum Gasteiger partial charge on any atom is 0.324 e. The van der Waals surface area contributed by atoms with Crippen molar-refractivity contribution in [1.29, 1.82) is 0 Å². The van der Waals surface area contributed by atoms with E-state index in [1.54, 1.807) is 0 Å². The van der Waals surface area contributed by atoms with Crippen molar-refractivity contribution in [2.75, 3.05) is 17.7 Å². The van der Waals surface area contributed by atoms with Crippen molar-refractivity contribution in [2.45, 2.75) is 13.0 Å². The number of amides is 2. The number of hydrogen-bond acceptors (Lipinski definition) is 4. The van der Waals surface area contributed by atoms with Gasteiger partial charge in [0.15, 0.2) is 5.82 Å². The highest BCUT2D eigenvalue weighted by Crippen LogP contribution is 2.17. The van der Waals surface area contributed by atoms with Crippen molar-refractivity contribution in [2.24, 2.45) is 0 Å². The van der Waals surface area contributed by atoms with Gasteiger partial charge in [-0.25, -0.2) is 14.8 Å². The molecule has 0 saturated heterocycles. The zero-order valence-electron chi connectivity index (χ0n) is 11.7. The molecule has 1 heterocycles. The molecular weight excluding hydrogens is 334 g/mol. The fourth-order valence-electron chi connectivity index (χ4n) is 1.71. The predicted octanol–water partition coefficient (Wildman–Crippen LogP) is 3.16. The lowest BCUT2D eigenvalue weighted by molar-refractivity contribution is 0.262. The number of rotatable bonds is 4. The van der Waals surface area contributed by atoms with Crippen LogP contribution in [0.3, 0.4) is 0 Å². The van der Waals surface area contributed by atoms with E-state index in [0.717, 1.165) is 11.3 Å². The summed E-state index contributed by atoms with van der Waals surface area (Å²) in [5.74, 6) is 0.385. The third-order valence-electron chi connectivity index (χ3n) is 2.94. The summed E-state index contributed by atoms with van der Waals surface area (Å²) in [6.45, 7) is 2.05. The summed E-state index contributed by atoms with van der Waals surface area (Å²) in [5.41, 5.74) is 1.82. The molecule has 1 aromatic carbocycles. The van der Waals surface area contributed by atoms with Crippen LogP contribution in [0.2, 0.25) is 0 Å². The van der Waals surface area contributed by atoms with E-state index < -0.39 is 0 Å². The molecule has 6 nitrogen and oxygen atoms in total. The molecule has 21 heavy (non-hydrogen) atoms. The Balaban J connectivity index is 2.01. The summed E-state index contributed by atoms with van der Waals surface area (Å²) in [6.07, 6.45) is 2.99. The lowest BCUT2D eigenvalue weighted by Crippen LogP contribution is -2.20. The number of carbonyl (C=O) groups is 1. The molecule has 2 amide bonds. The van der Waals surface area contributed by atoms with Gasteiger partial charge in [0.2, 0.25) is 0 Å². The average Bonchev–Trinajstić information content (AvgIpc) is 2.49. The van der Waals surface area contributed by atoms with Crippen molar-refractivity contribution in [1.82, 2.24) is 15.3 Å². The molecule has 0 fully saturated rings. The highest BCUT2D eigenvalue weighted by Gasteiger charge is 2.06. The van der Waals surface area contributed by atoms with Gasteiger partial charge in [-0.15, -0.1) is 0 Å². The molecule has 110 valence electrons. The van der Waals surface area contributed by atoms with Crippen molar-refractivity contribution < 1.29 is 4.79 Å². The van der Waals surface area contributed by atoms with E-state index in [4.69, 9.17) is 0 Å². The van der Waals surface area contributed by atoms with E-state index in [1.807, 2.05) is 31.3 Å². The molecule has 0 saturated carbocycles. The van der Waals surface area contributed by atoms with Gasteiger partial charge in [-0.2, -0.15) is 0 Å². The molecular formula is C14H16BrN5O. The van der Waals surface area contributed by atoms with Gasteiger partial charge in [-0.1, -0.05) is 12.1 Å². The van der Waals surface area contributed by atoms with Gasteiger partial charge in [0.25, 0.3) is 0 Å². The molecule has 0 radical (unpaired) electrons. The van der Waals surface area contributed by atoms with Gasteiger partial charge in [0.05, 0.1) is 12.4 Å². The molecule has 2 aromatic rings. The van der Waals surface area contributed by atoms with Crippen LogP contribution in [0.1, 0.15) is 18.5 Å². The number of nitrogens with zero attached hydrogens (tertiary/aromatic N) is 2. The van der Waals surface area contributed by atoms with Crippen molar-refractivity contribution in [3.05, 3.63) is 46.8 Å². The Bertz CT molecular complexity index is 617. The normalized spacial score (nSPS) is 11.8. The molecule has 0 aliphatic carbocycles. The Hall–Kier alpha value is -1.99. The minimum atomic E-state index is -0.360. The van der Waals surface area contributed by atoms with Crippen molar-refractivity contribution in [3.63, 3.8) is 0 Å². The van der Waals surface area contributed by atoms with Crippen LogP contribution in [0.25, 0.3) is 0 Å². The second-order valence-corrected chi connectivity index (χ2v) is 5.25. The van der Waals surface area contributed by atoms with E-state index in [0.29, 0.717) is 10.4 Å². The van der Waals surface area contributed by atoms with Crippen LogP contribution in [0.15, 0.2) is 41.3 Å². The third-order valence-corrected chi connectivity index (χ3v) is 3.35. The highest BCUT2D eigenvalue weighted by atomic mass is 79.9. The summed E-state index contributed by atoms with van der Waals surface area (Å²) in [4.78, 5) is 19.9. The van der Waals surface area contributed by atoms with E-state index in [1.165, 1.54) is 12.4 Å². The van der Waals surface area contributed by atoms with Gasteiger partial charge < -0.3 is 10.6 Å². The Kier molecular flexibility index (Phi) is 5.24. The quantitative estimate of drug-likeness (QED) is 0.791. The molecule has 3 N–H and O–H groups in total. The van der Waals surface area contributed by atoms with Crippen LogP contribution in [0, 0.1) is 0 Å². The van der Waals surface area contributed by atoms with Gasteiger partial charge in [0.1, 0.15) is 4.60 Å². The van der Waals surface area contributed by atoms with Crippen LogP contribution >= 0.6 is 15.9 Å². The number of urea groups is 1.